The number of carbonyl (C=O) groups excluding carboxylic acids is 1. The van der Waals surface area contributed by atoms with E-state index in [2.05, 4.69) is 4.83 Å². The molecule has 1 fully saturated rings. The van der Waals surface area contributed by atoms with Crippen LogP contribution in [-0.2, 0) is 9.59 Å². The lowest BCUT2D eigenvalue weighted by atomic mass is 9.79. The molecule has 0 aromatic carbocycles. The second-order valence-corrected chi connectivity index (χ2v) is 7.61. The van der Waals surface area contributed by atoms with Crippen LogP contribution in [-0.4, -0.2) is 56.9 Å². The Labute approximate surface area is 142 Å². The number of carboxylic acid groups (broad SMARTS) is 1. The number of thioether (sulfide) groups is 1. The summed E-state index contributed by atoms with van der Waals surface area (Å²) in [5.74, 6) is -1.35. The summed E-state index contributed by atoms with van der Waals surface area (Å²) in [5, 5.41) is 23.2. The van der Waals surface area contributed by atoms with Crippen molar-refractivity contribution in [1.29, 1.82) is 0 Å². The molecule has 3 N–H and O–H groups in total. The number of β-lactam (4-membered cyclic amide) rings is 1. The van der Waals surface area contributed by atoms with Gasteiger partial charge in [0.25, 0.3) is 0 Å². The van der Waals surface area contributed by atoms with Crippen LogP contribution in [0.2, 0.25) is 0 Å². The van der Waals surface area contributed by atoms with Crippen molar-refractivity contribution in [2.24, 2.45) is 11.8 Å². The van der Waals surface area contributed by atoms with E-state index >= 15 is 0 Å². The lowest BCUT2D eigenvalue weighted by Crippen LogP contribution is -2.63. The average molecular weight is 357 g/mol. The number of fused-ring (bicyclic) bond motifs is 1. The summed E-state index contributed by atoms with van der Waals surface area (Å²) in [6, 6.07) is -0.251. The Bertz CT molecular complexity index is 619. The van der Waals surface area contributed by atoms with Gasteiger partial charge in [0.1, 0.15) is 5.70 Å². The number of hydrazine groups is 1. The van der Waals surface area contributed by atoms with E-state index in [1.807, 2.05) is 24.4 Å². The molecule has 0 bridgehead atoms. The molecule has 4 atom stereocenters. The van der Waals surface area contributed by atoms with Gasteiger partial charge in [0, 0.05) is 34.7 Å². The van der Waals surface area contributed by atoms with Gasteiger partial charge < -0.3 is 20.1 Å². The fraction of sp³-hybridized carbons (Fsp3) is 0.571. The first-order valence-corrected chi connectivity index (χ1v) is 9.16. The van der Waals surface area contributed by atoms with Crippen LogP contribution in [0.3, 0.4) is 0 Å². The van der Waals surface area contributed by atoms with Crippen molar-refractivity contribution >= 4 is 35.6 Å². The summed E-state index contributed by atoms with van der Waals surface area (Å²) < 4.78 is 0. The third-order valence-corrected chi connectivity index (χ3v) is 6.59. The highest BCUT2D eigenvalue weighted by atomic mass is 32.2. The van der Waals surface area contributed by atoms with Gasteiger partial charge in [-0.2, -0.15) is 4.83 Å². The number of hydrogen-bond donors (Lipinski definition) is 3. The highest BCUT2D eigenvalue weighted by Crippen LogP contribution is 2.50. The second kappa shape index (κ2) is 6.04. The van der Waals surface area contributed by atoms with Gasteiger partial charge in [0.15, 0.2) is 0 Å². The van der Waals surface area contributed by atoms with E-state index in [9.17, 15) is 19.8 Å². The van der Waals surface area contributed by atoms with E-state index < -0.39 is 18.0 Å². The minimum absolute atomic E-state index is 0.0799. The first-order chi connectivity index (χ1) is 10.8. The molecule has 7 nitrogen and oxygen atoms in total. The predicted molar refractivity (Wildman–Crippen MR) is 88.7 cm³/mol. The topological polar surface area (TPSA) is 93.1 Å². The molecule has 3 rings (SSSR count). The van der Waals surface area contributed by atoms with Gasteiger partial charge in [-0.25, -0.2) is 4.79 Å². The first-order valence-electron chi connectivity index (χ1n) is 7.30. The maximum absolute atomic E-state index is 12.2. The minimum atomic E-state index is -1.08. The van der Waals surface area contributed by atoms with E-state index in [1.54, 1.807) is 6.92 Å². The summed E-state index contributed by atoms with van der Waals surface area (Å²) in [6.07, 6.45) is -0.769. The smallest absolute Gasteiger partial charge is 0.353 e. The third-order valence-electron chi connectivity index (χ3n) is 4.50. The second-order valence-electron chi connectivity index (χ2n) is 5.94. The summed E-state index contributed by atoms with van der Waals surface area (Å²) in [5.41, 5.74) is 1.13. The fourth-order valence-electron chi connectivity index (χ4n) is 3.31. The van der Waals surface area contributed by atoms with Crippen LogP contribution >= 0.6 is 23.7 Å². The van der Waals surface area contributed by atoms with E-state index in [0.717, 1.165) is 5.70 Å². The Morgan fingerprint density at radius 2 is 2.26 bits per heavy atom. The Hall–Kier alpha value is -1.16. The maximum atomic E-state index is 12.2. The van der Waals surface area contributed by atoms with Crippen molar-refractivity contribution in [2.45, 2.75) is 26.0 Å². The summed E-state index contributed by atoms with van der Waals surface area (Å²) in [7, 11) is 1.90. The molecule has 0 radical (unpaired) electrons. The van der Waals surface area contributed by atoms with Crippen LogP contribution in [0.15, 0.2) is 21.7 Å². The van der Waals surface area contributed by atoms with Crippen LogP contribution < -0.4 is 4.83 Å². The van der Waals surface area contributed by atoms with Crippen molar-refractivity contribution < 1.29 is 19.8 Å². The number of nitrogens with one attached hydrogen (secondary N) is 1. The van der Waals surface area contributed by atoms with Crippen molar-refractivity contribution in [3.63, 3.8) is 0 Å². The van der Waals surface area contributed by atoms with Crippen molar-refractivity contribution in [2.75, 3.05) is 12.8 Å². The van der Waals surface area contributed by atoms with Crippen LogP contribution in [0.1, 0.15) is 13.8 Å². The van der Waals surface area contributed by atoms with Gasteiger partial charge in [-0.3, -0.25) is 4.79 Å². The molecule has 0 spiro atoms. The van der Waals surface area contributed by atoms with E-state index in [1.165, 1.54) is 28.6 Å². The zero-order valence-electron chi connectivity index (χ0n) is 13.0. The van der Waals surface area contributed by atoms with Gasteiger partial charge in [0.2, 0.25) is 5.91 Å². The Balaban J connectivity index is 1.83. The molecule has 9 heteroatoms. The molecule has 3 aliphatic heterocycles. The summed E-state index contributed by atoms with van der Waals surface area (Å²) >= 11 is 2.92. The molecule has 1 saturated heterocycles. The normalized spacial score (nSPS) is 31.2. The molecule has 126 valence electrons. The highest BCUT2D eigenvalue weighted by Gasteiger charge is 2.59. The monoisotopic (exact) mass is 357 g/mol. The fourth-order valence-corrected chi connectivity index (χ4v) is 5.43. The Morgan fingerprint density at radius 1 is 1.57 bits per heavy atom. The number of rotatable bonds is 5. The maximum Gasteiger partial charge on any atom is 0.353 e. The molecule has 0 aromatic rings. The Kier molecular flexibility index (Phi) is 4.39. The lowest BCUT2D eigenvalue weighted by Gasteiger charge is -2.46. The molecule has 0 aliphatic carbocycles. The van der Waals surface area contributed by atoms with Gasteiger partial charge in [-0.05, 0) is 18.9 Å². The molecule has 0 aromatic heterocycles. The molecule has 23 heavy (non-hydrogen) atoms. The number of nitrogens with zero attached hydrogens (tertiary/aromatic N) is 2. The van der Waals surface area contributed by atoms with Gasteiger partial charge >= 0.3 is 5.97 Å². The number of amides is 1. The number of aliphatic hydroxyl groups is 1. The molecular formula is C14H19N3O4S2. The first kappa shape index (κ1) is 16.7. The van der Waals surface area contributed by atoms with Crippen LogP contribution in [0.4, 0.5) is 0 Å². The quantitative estimate of drug-likeness (QED) is 0.492. The number of hydrogen-bond acceptors (Lipinski definition) is 7. The van der Waals surface area contributed by atoms with Crippen molar-refractivity contribution in [1.82, 2.24) is 14.7 Å². The average Bonchev–Trinajstić information content (AvgIpc) is 2.97. The van der Waals surface area contributed by atoms with Gasteiger partial charge in [-0.15, -0.1) is 11.8 Å². The van der Waals surface area contributed by atoms with Crippen LogP contribution in [0.5, 0.6) is 0 Å². The van der Waals surface area contributed by atoms with E-state index in [-0.39, 0.29) is 23.6 Å². The summed E-state index contributed by atoms with van der Waals surface area (Å²) in [4.78, 5) is 29.0. The molecule has 3 aliphatic rings. The van der Waals surface area contributed by atoms with E-state index in [0.29, 0.717) is 10.7 Å². The number of aliphatic carboxylic acids is 1. The van der Waals surface area contributed by atoms with Gasteiger partial charge in [0.05, 0.1) is 18.1 Å². The SMILES string of the molecule is CC(O)[C@H]1C(=O)N2C(C(=O)O)=C(SCC3=CSNN3C)C(C)[C@@H]12. The number of carboxylic acids is 1. The number of carbonyl (C=O) groups is 2. The Morgan fingerprint density at radius 3 is 2.78 bits per heavy atom. The molecule has 1 amide bonds. The summed E-state index contributed by atoms with van der Waals surface area (Å²) in [6.45, 7) is 3.51. The molecule has 2 unspecified atom stereocenters. The van der Waals surface area contributed by atoms with Crippen LogP contribution in [0, 0.1) is 11.8 Å². The highest BCUT2D eigenvalue weighted by molar-refractivity contribution is 8.03. The largest absolute Gasteiger partial charge is 0.477 e. The molecule has 0 saturated carbocycles. The number of aliphatic hydroxyl groups excluding tert-OH is 1. The minimum Gasteiger partial charge on any atom is -0.477 e. The van der Waals surface area contributed by atoms with Crippen molar-refractivity contribution in [3.05, 3.63) is 21.7 Å². The van der Waals surface area contributed by atoms with Crippen LogP contribution in [0.25, 0.3) is 0 Å². The standard InChI is InChI=1S/C14H19N3O4S2/c1-6-10-9(7(2)18)13(19)17(10)11(14(20)21)12(6)22-4-8-5-23-15-16(8)3/h5-7,9-10,15,18H,4H2,1-3H3,(H,20,21)/t6?,7?,9-,10+/m1/s1. The van der Waals surface area contributed by atoms with Gasteiger partial charge in [-0.1, -0.05) is 6.92 Å². The molecule has 3 heterocycles. The molecular weight excluding hydrogens is 338 g/mol. The third kappa shape index (κ3) is 2.55. The van der Waals surface area contributed by atoms with Crippen molar-refractivity contribution in [3.8, 4) is 0 Å². The predicted octanol–water partition coefficient (Wildman–Crippen LogP) is 0.813. The zero-order chi connectivity index (χ0) is 16.9. The van der Waals surface area contributed by atoms with E-state index in [4.69, 9.17) is 0 Å². The lowest BCUT2D eigenvalue weighted by molar-refractivity contribution is -0.163. The zero-order valence-corrected chi connectivity index (χ0v) is 14.6.